The van der Waals surface area contributed by atoms with Crippen molar-refractivity contribution >= 4 is 15.9 Å². The lowest BCUT2D eigenvalue weighted by atomic mass is 10.0. The van der Waals surface area contributed by atoms with Crippen LogP contribution in [0, 0.1) is 5.92 Å². The maximum absolute atomic E-state index is 4.32. The molecule has 1 aromatic rings. The monoisotopic (exact) mass is 273 g/mol. The van der Waals surface area contributed by atoms with Gasteiger partial charge in [0.05, 0.1) is 0 Å². The predicted octanol–water partition coefficient (Wildman–Crippen LogP) is 3.04. The van der Waals surface area contributed by atoms with Crippen molar-refractivity contribution in [3.8, 4) is 0 Å². The van der Waals surface area contributed by atoms with Gasteiger partial charge in [0.2, 0.25) is 0 Å². The summed E-state index contributed by atoms with van der Waals surface area (Å²) < 4.78 is 2.02. The molecule has 0 aliphatic rings. The number of hydrogen-bond acceptors (Lipinski definition) is 2. The maximum atomic E-state index is 4.32. The van der Waals surface area contributed by atoms with Crippen LogP contribution in [0.3, 0.4) is 0 Å². The molecule has 1 heterocycles. The van der Waals surface area contributed by atoms with Gasteiger partial charge in [-0.05, 0) is 18.8 Å². The average Bonchev–Trinajstić information content (AvgIpc) is 2.65. The standard InChI is InChI=1S/C11H20BrN3/c1-4-6-15-11(13-8-14-15)7-9(3)10(12)5-2/h8-10H,4-7H2,1-3H3. The third kappa shape index (κ3) is 3.59. The van der Waals surface area contributed by atoms with Crippen LogP contribution in [-0.2, 0) is 13.0 Å². The topological polar surface area (TPSA) is 30.7 Å². The quantitative estimate of drug-likeness (QED) is 0.746. The number of nitrogens with zero attached hydrogens (tertiary/aromatic N) is 3. The summed E-state index contributed by atoms with van der Waals surface area (Å²) in [4.78, 5) is 4.90. The normalized spacial score (nSPS) is 15.2. The van der Waals surface area contributed by atoms with E-state index in [0.29, 0.717) is 10.7 Å². The highest BCUT2D eigenvalue weighted by molar-refractivity contribution is 9.09. The van der Waals surface area contributed by atoms with Gasteiger partial charge in [-0.3, -0.25) is 4.68 Å². The van der Waals surface area contributed by atoms with Crippen LogP contribution >= 0.6 is 15.9 Å². The van der Waals surface area contributed by atoms with E-state index in [2.05, 4.69) is 46.8 Å². The third-order valence-corrected chi connectivity index (χ3v) is 4.19. The molecule has 1 rings (SSSR count). The van der Waals surface area contributed by atoms with Crippen LogP contribution in [0.2, 0.25) is 0 Å². The van der Waals surface area contributed by atoms with Gasteiger partial charge in [-0.25, -0.2) is 4.98 Å². The van der Waals surface area contributed by atoms with Gasteiger partial charge < -0.3 is 0 Å². The van der Waals surface area contributed by atoms with E-state index in [4.69, 9.17) is 0 Å². The second-order valence-electron chi connectivity index (χ2n) is 4.01. The molecule has 0 aromatic carbocycles. The second kappa shape index (κ2) is 6.26. The van der Waals surface area contributed by atoms with Crippen molar-refractivity contribution in [1.29, 1.82) is 0 Å². The van der Waals surface area contributed by atoms with Crippen LogP contribution in [0.25, 0.3) is 0 Å². The largest absolute Gasteiger partial charge is 0.250 e. The van der Waals surface area contributed by atoms with Crippen LogP contribution in [0.1, 0.15) is 39.4 Å². The molecule has 0 saturated heterocycles. The molecule has 0 amide bonds. The van der Waals surface area contributed by atoms with Gasteiger partial charge in [-0.2, -0.15) is 5.10 Å². The molecule has 4 heteroatoms. The van der Waals surface area contributed by atoms with Crippen LogP contribution in [0.15, 0.2) is 6.33 Å². The highest BCUT2D eigenvalue weighted by Crippen LogP contribution is 2.19. The first-order valence-corrected chi connectivity index (χ1v) is 6.61. The average molecular weight is 274 g/mol. The second-order valence-corrected chi connectivity index (χ2v) is 5.18. The fraction of sp³-hybridized carbons (Fsp3) is 0.818. The zero-order valence-corrected chi connectivity index (χ0v) is 11.4. The minimum atomic E-state index is 0.573. The number of rotatable bonds is 6. The summed E-state index contributed by atoms with van der Waals surface area (Å²) in [5, 5.41) is 4.23. The van der Waals surface area contributed by atoms with Crippen LogP contribution < -0.4 is 0 Å². The van der Waals surface area contributed by atoms with E-state index >= 15 is 0 Å². The molecule has 86 valence electrons. The van der Waals surface area contributed by atoms with Gasteiger partial charge in [0.25, 0.3) is 0 Å². The van der Waals surface area contributed by atoms with Crippen LogP contribution in [-0.4, -0.2) is 19.6 Å². The summed E-state index contributed by atoms with van der Waals surface area (Å²) >= 11 is 3.69. The van der Waals surface area contributed by atoms with Gasteiger partial charge in [-0.15, -0.1) is 0 Å². The van der Waals surface area contributed by atoms with Crippen molar-refractivity contribution in [2.75, 3.05) is 0 Å². The SMILES string of the molecule is CCCn1ncnc1CC(C)C(Br)CC. The Morgan fingerprint density at radius 2 is 2.20 bits per heavy atom. The van der Waals surface area contributed by atoms with Crippen molar-refractivity contribution in [3.05, 3.63) is 12.2 Å². The molecule has 0 saturated carbocycles. The molecule has 15 heavy (non-hydrogen) atoms. The van der Waals surface area contributed by atoms with Gasteiger partial charge in [0.1, 0.15) is 12.2 Å². The lowest BCUT2D eigenvalue weighted by molar-refractivity contribution is 0.491. The Labute approximate surface area is 100 Å². The molecule has 2 atom stereocenters. The third-order valence-electron chi connectivity index (χ3n) is 2.64. The van der Waals surface area contributed by atoms with Gasteiger partial charge in [0.15, 0.2) is 0 Å². The van der Waals surface area contributed by atoms with Crippen molar-refractivity contribution in [2.45, 2.75) is 51.4 Å². The molecule has 0 aliphatic heterocycles. The van der Waals surface area contributed by atoms with E-state index in [1.807, 2.05) is 4.68 Å². The number of halogens is 1. The zero-order chi connectivity index (χ0) is 11.3. The fourth-order valence-corrected chi connectivity index (χ4v) is 1.85. The highest BCUT2D eigenvalue weighted by atomic mass is 79.9. The molecular formula is C11H20BrN3. The Hall–Kier alpha value is -0.380. The number of aryl methyl sites for hydroxylation is 1. The Morgan fingerprint density at radius 3 is 2.80 bits per heavy atom. The lowest BCUT2D eigenvalue weighted by Crippen LogP contribution is -2.16. The van der Waals surface area contributed by atoms with Crippen molar-refractivity contribution in [1.82, 2.24) is 14.8 Å². The van der Waals surface area contributed by atoms with E-state index < -0.39 is 0 Å². The van der Waals surface area contributed by atoms with Crippen molar-refractivity contribution in [3.63, 3.8) is 0 Å². The van der Waals surface area contributed by atoms with Gasteiger partial charge >= 0.3 is 0 Å². The Bertz CT molecular complexity index is 285. The Morgan fingerprint density at radius 1 is 1.47 bits per heavy atom. The van der Waals surface area contributed by atoms with E-state index in [-0.39, 0.29) is 0 Å². The summed E-state index contributed by atoms with van der Waals surface area (Å²) in [5.41, 5.74) is 0. The molecule has 0 fully saturated rings. The number of alkyl halides is 1. The van der Waals surface area contributed by atoms with E-state index in [1.165, 1.54) is 0 Å². The fourth-order valence-electron chi connectivity index (χ4n) is 1.66. The molecule has 3 nitrogen and oxygen atoms in total. The molecule has 2 unspecified atom stereocenters. The van der Waals surface area contributed by atoms with Crippen molar-refractivity contribution < 1.29 is 0 Å². The van der Waals surface area contributed by atoms with Gasteiger partial charge in [0, 0.05) is 17.8 Å². The first-order valence-electron chi connectivity index (χ1n) is 5.69. The van der Waals surface area contributed by atoms with Gasteiger partial charge in [-0.1, -0.05) is 36.7 Å². The molecule has 1 aromatic heterocycles. The summed E-state index contributed by atoms with van der Waals surface area (Å²) in [7, 11) is 0. The lowest BCUT2D eigenvalue weighted by Gasteiger charge is -2.16. The van der Waals surface area contributed by atoms with Crippen molar-refractivity contribution in [2.24, 2.45) is 5.92 Å². The predicted molar refractivity (Wildman–Crippen MR) is 66.2 cm³/mol. The minimum absolute atomic E-state index is 0.573. The van der Waals surface area contributed by atoms with E-state index in [0.717, 1.165) is 31.6 Å². The van der Waals surface area contributed by atoms with E-state index in [1.54, 1.807) is 6.33 Å². The molecule has 0 radical (unpaired) electrons. The number of aromatic nitrogens is 3. The number of hydrogen-bond donors (Lipinski definition) is 0. The molecule has 0 aliphatic carbocycles. The smallest absolute Gasteiger partial charge is 0.138 e. The first-order chi connectivity index (χ1) is 7.19. The summed E-state index contributed by atoms with van der Waals surface area (Å²) in [6.45, 7) is 7.59. The highest BCUT2D eigenvalue weighted by Gasteiger charge is 2.15. The molecule has 0 N–H and O–H groups in total. The molecule has 0 spiro atoms. The molecule has 0 bridgehead atoms. The zero-order valence-electron chi connectivity index (χ0n) is 9.78. The molecular weight excluding hydrogens is 254 g/mol. The maximum Gasteiger partial charge on any atom is 0.138 e. The summed E-state index contributed by atoms with van der Waals surface area (Å²) in [6, 6.07) is 0. The summed E-state index contributed by atoms with van der Waals surface area (Å²) in [6.07, 6.45) is 4.93. The first kappa shape index (κ1) is 12.7. The van der Waals surface area contributed by atoms with E-state index in [9.17, 15) is 0 Å². The Balaban J connectivity index is 2.59. The minimum Gasteiger partial charge on any atom is -0.250 e. The summed E-state index contributed by atoms with van der Waals surface area (Å²) in [5.74, 6) is 1.72. The van der Waals surface area contributed by atoms with Crippen LogP contribution in [0.5, 0.6) is 0 Å². The Kier molecular flexibility index (Phi) is 5.29. The van der Waals surface area contributed by atoms with Crippen LogP contribution in [0.4, 0.5) is 0 Å².